The molecule has 0 aliphatic carbocycles. The van der Waals surface area contributed by atoms with E-state index in [1.807, 2.05) is 13.8 Å². The number of carbonyl (C=O) groups is 4. The molecule has 1 aromatic heterocycles. The van der Waals surface area contributed by atoms with Crippen LogP contribution in [0, 0.1) is 5.92 Å². The molecule has 33 heavy (non-hydrogen) atoms. The number of rotatable bonds is 13. The van der Waals surface area contributed by atoms with Gasteiger partial charge in [0.1, 0.15) is 12.1 Å². The van der Waals surface area contributed by atoms with Gasteiger partial charge in [0.15, 0.2) is 6.04 Å². The number of carboxylic acid groups (broad SMARTS) is 1. The quantitative estimate of drug-likeness (QED) is 0.154. The summed E-state index contributed by atoms with van der Waals surface area (Å²) in [4.78, 5) is 55.9. The maximum Gasteiger partial charge on any atom is 0.328 e. The number of nitrogens with two attached hydrogens (primary N) is 1. The average Bonchev–Trinajstić information content (AvgIpc) is 3.21. The largest absolute Gasteiger partial charge is 0.480 e. The molecule has 13 heteroatoms. The van der Waals surface area contributed by atoms with Crippen molar-refractivity contribution in [1.29, 1.82) is 0 Å². The lowest BCUT2D eigenvalue weighted by Gasteiger charge is -2.27. The van der Waals surface area contributed by atoms with Crippen molar-refractivity contribution < 1.29 is 34.5 Å². The number of aromatic nitrogens is 2. The fraction of sp³-hybridized carbons (Fsp3) is 0.650. The van der Waals surface area contributed by atoms with E-state index in [0.29, 0.717) is 12.1 Å². The summed E-state index contributed by atoms with van der Waals surface area (Å²) in [7, 11) is 0. The highest BCUT2D eigenvalue weighted by atomic mass is 16.4. The molecule has 1 aromatic rings. The van der Waals surface area contributed by atoms with E-state index in [2.05, 4.69) is 25.9 Å². The SMILES string of the molecule is CC(C)CC(N)C(=O)NC(Cc1cnc[nH]1)C(=O)NC(C(=O)NC(C(=O)O)C(C)O)C(C)O. The van der Waals surface area contributed by atoms with Crippen LogP contribution in [0.3, 0.4) is 0 Å². The summed E-state index contributed by atoms with van der Waals surface area (Å²) in [5, 5.41) is 35.7. The third-order valence-electron chi connectivity index (χ3n) is 4.78. The van der Waals surface area contributed by atoms with Gasteiger partial charge < -0.3 is 42.0 Å². The van der Waals surface area contributed by atoms with Crippen LogP contribution >= 0.6 is 0 Å². The lowest BCUT2D eigenvalue weighted by molar-refractivity contribution is -0.146. The van der Waals surface area contributed by atoms with Gasteiger partial charge in [0.05, 0.1) is 24.6 Å². The molecule has 0 bridgehead atoms. The lowest BCUT2D eigenvalue weighted by atomic mass is 10.0. The predicted molar refractivity (Wildman–Crippen MR) is 117 cm³/mol. The van der Waals surface area contributed by atoms with Gasteiger partial charge in [-0.2, -0.15) is 0 Å². The average molecular weight is 471 g/mol. The van der Waals surface area contributed by atoms with Gasteiger partial charge in [0.2, 0.25) is 17.7 Å². The maximum absolute atomic E-state index is 13.0. The summed E-state index contributed by atoms with van der Waals surface area (Å²) < 4.78 is 0. The van der Waals surface area contributed by atoms with Crippen molar-refractivity contribution in [3.8, 4) is 0 Å². The number of nitrogens with one attached hydrogen (secondary N) is 4. The number of hydrogen-bond donors (Lipinski definition) is 8. The fourth-order valence-corrected chi connectivity index (χ4v) is 3.01. The molecule has 0 spiro atoms. The number of amides is 3. The highest BCUT2D eigenvalue weighted by Gasteiger charge is 2.34. The van der Waals surface area contributed by atoms with Gasteiger partial charge in [-0.15, -0.1) is 0 Å². The Kier molecular flexibility index (Phi) is 10.9. The number of aromatic amines is 1. The first-order valence-corrected chi connectivity index (χ1v) is 10.6. The van der Waals surface area contributed by atoms with E-state index in [1.165, 1.54) is 26.4 Å². The molecule has 9 N–H and O–H groups in total. The maximum atomic E-state index is 13.0. The summed E-state index contributed by atoms with van der Waals surface area (Å²) in [6.07, 6.45) is 0.393. The number of aliphatic hydroxyl groups excluding tert-OH is 2. The topological polar surface area (TPSA) is 220 Å². The summed E-state index contributed by atoms with van der Waals surface area (Å²) in [6.45, 7) is 6.19. The van der Waals surface area contributed by atoms with Crippen molar-refractivity contribution in [2.75, 3.05) is 0 Å². The molecule has 0 aliphatic rings. The van der Waals surface area contributed by atoms with Gasteiger partial charge in [0.25, 0.3) is 0 Å². The van der Waals surface area contributed by atoms with Crippen molar-refractivity contribution in [1.82, 2.24) is 25.9 Å². The molecule has 0 saturated carbocycles. The monoisotopic (exact) mass is 470 g/mol. The number of aliphatic hydroxyl groups is 2. The van der Waals surface area contributed by atoms with E-state index < -0.39 is 60.1 Å². The predicted octanol–water partition coefficient (Wildman–Crippen LogP) is -2.37. The summed E-state index contributed by atoms with van der Waals surface area (Å²) in [6, 6.07) is -5.23. The second kappa shape index (κ2) is 12.9. The van der Waals surface area contributed by atoms with E-state index in [9.17, 15) is 29.4 Å². The molecule has 0 aromatic carbocycles. The molecule has 186 valence electrons. The summed E-state index contributed by atoms with van der Waals surface area (Å²) in [5.74, 6) is -3.74. The zero-order valence-corrected chi connectivity index (χ0v) is 19.1. The molecular weight excluding hydrogens is 436 g/mol. The van der Waals surface area contributed by atoms with Crippen molar-refractivity contribution >= 4 is 23.7 Å². The number of carboxylic acids is 1. The number of H-pyrrole nitrogens is 1. The molecule has 13 nitrogen and oxygen atoms in total. The number of nitrogens with zero attached hydrogens (tertiary/aromatic N) is 1. The first kappa shape index (κ1) is 28.0. The first-order valence-electron chi connectivity index (χ1n) is 10.6. The zero-order valence-electron chi connectivity index (χ0n) is 19.1. The van der Waals surface area contributed by atoms with E-state index in [0.717, 1.165) is 0 Å². The molecule has 1 rings (SSSR count). The van der Waals surface area contributed by atoms with E-state index in [4.69, 9.17) is 10.8 Å². The minimum Gasteiger partial charge on any atom is -0.480 e. The van der Waals surface area contributed by atoms with Gasteiger partial charge in [-0.3, -0.25) is 14.4 Å². The molecule has 0 aliphatic heterocycles. The third kappa shape index (κ3) is 9.16. The molecule has 0 radical (unpaired) electrons. The molecule has 0 fully saturated rings. The minimum atomic E-state index is -1.65. The molecule has 6 atom stereocenters. The summed E-state index contributed by atoms with van der Waals surface area (Å²) >= 11 is 0. The molecule has 0 saturated heterocycles. The van der Waals surface area contributed by atoms with Gasteiger partial charge in [0, 0.05) is 18.3 Å². The van der Waals surface area contributed by atoms with Crippen LogP contribution in [0.1, 0.15) is 39.8 Å². The Morgan fingerprint density at radius 1 is 0.970 bits per heavy atom. The minimum absolute atomic E-state index is 0.00839. The number of imidazole rings is 1. The van der Waals surface area contributed by atoms with Crippen molar-refractivity contribution in [3.05, 3.63) is 18.2 Å². The second-order valence-electron chi connectivity index (χ2n) is 8.37. The zero-order chi connectivity index (χ0) is 25.3. The van der Waals surface area contributed by atoms with Crippen LogP contribution in [0.2, 0.25) is 0 Å². The van der Waals surface area contributed by atoms with Crippen molar-refractivity contribution in [3.63, 3.8) is 0 Å². The van der Waals surface area contributed by atoms with Gasteiger partial charge in [-0.05, 0) is 26.2 Å². The van der Waals surface area contributed by atoms with E-state index in [-0.39, 0.29) is 12.3 Å². The Morgan fingerprint density at radius 2 is 1.55 bits per heavy atom. The van der Waals surface area contributed by atoms with Crippen LogP contribution < -0.4 is 21.7 Å². The van der Waals surface area contributed by atoms with Crippen LogP contribution in [0.15, 0.2) is 12.5 Å². The molecule has 1 heterocycles. The Hall–Kier alpha value is -3.03. The van der Waals surface area contributed by atoms with Gasteiger partial charge >= 0.3 is 5.97 Å². The Bertz CT molecular complexity index is 797. The third-order valence-corrected chi connectivity index (χ3v) is 4.78. The highest BCUT2D eigenvalue weighted by Crippen LogP contribution is 2.06. The lowest BCUT2D eigenvalue weighted by Crippen LogP contribution is -2.61. The smallest absolute Gasteiger partial charge is 0.328 e. The Labute approximate surface area is 191 Å². The van der Waals surface area contributed by atoms with Crippen LogP contribution in [-0.2, 0) is 25.6 Å². The van der Waals surface area contributed by atoms with Gasteiger partial charge in [-0.1, -0.05) is 13.8 Å². The second-order valence-corrected chi connectivity index (χ2v) is 8.37. The fourth-order valence-electron chi connectivity index (χ4n) is 3.01. The first-order chi connectivity index (χ1) is 15.3. The molecular formula is C20H34N6O7. The van der Waals surface area contributed by atoms with E-state index in [1.54, 1.807) is 0 Å². The molecule has 6 unspecified atom stereocenters. The van der Waals surface area contributed by atoms with Crippen LogP contribution in [-0.4, -0.2) is 85.4 Å². The Morgan fingerprint density at radius 3 is 2.00 bits per heavy atom. The van der Waals surface area contributed by atoms with Crippen LogP contribution in [0.25, 0.3) is 0 Å². The standard InChI is InChI=1S/C20H34N6O7/c1-9(2)5-13(21)17(29)24-14(6-12-7-22-8-23-12)18(30)25-15(10(3)27)19(31)26-16(11(4)28)20(32)33/h7-11,13-16,27-28H,5-6,21H2,1-4H3,(H,22,23)(H,24,29)(H,25,30)(H,26,31)(H,32,33). The van der Waals surface area contributed by atoms with Crippen LogP contribution in [0.5, 0.6) is 0 Å². The van der Waals surface area contributed by atoms with Gasteiger partial charge in [-0.25, -0.2) is 9.78 Å². The normalized spacial score (nSPS) is 16.7. The Balaban J connectivity index is 3.02. The number of aliphatic carboxylic acids is 1. The molecule has 3 amide bonds. The summed E-state index contributed by atoms with van der Waals surface area (Å²) in [5.41, 5.74) is 6.42. The number of carbonyl (C=O) groups excluding carboxylic acids is 3. The highest BCUT2D eigenvalue weighted by molar-refractivity contribution is 5.94. The van der Waals surface area contributed by atoms with Crippen molar-refractivity contribution in [2.45, 2.75) is 76.9 Å². The van der Waals surface area contributed by atoms with Crippen molar-refractivity contribution in [2.24, 2.45) is 11.7 Å². The number of hydrogen-bond acceptors (Lipinski definition) is 8. The van der Waals surface area contributed by atoms with E-state index >= 15 is 0 Å². The van der Waals surface area contributed by atoms with Crippen LogP contribution in [0.4, 0.5) is 0 Å².